The first-order valence-corrected chi connectivity index (χ1v) is 10.1. The smallest absolute Gasteiger partial charge is 0.180 e. The van der Waals surface area contributed by atoms with Crippen LogP contribution in [0, 0.1) is 0 Å². The molecule has 27 heavy (non-hydrogen) atoms. The maximum absolute atomic E-state index is 6.33. The Morgan fingerprint density at radius 2 is 1.89 bits per heavy atom. The van der Waals surface area contributed by atoms with Crippen molar-refractivity contribution in [3.8, 4) is 11.5 Å². The van der Waals surface area contributed by atoms with Crippen LogP contribution in [0.5, 0.6) is 11.5 Å². The second-order valence-corrected chi connectivity index (χ2v) is 6.96. The van der Waals surface area contributed by atoms with Crippen molar-refractivity contribution in [2.24, 2.45) is 15.9 Å². The average Bonchev–Trinajstić information content (AvgIpc) is 2.68. The lowest BCUT2D eigenvalue weighted by Crippen LogP contribution is -2.06. The van der Waals surface area contributed by atoms with E-state index in [1.54, 1.807) is 18.3 Å². The van der Waals surface area contributed by atoms with Gasteiger partial charge in [-0.25, -0.2) is 0 Å². The molecule has 0 fully saturated rings. The van der Waals surface area contributed by atoms with Crippen LogP contribution in [-0.4, -0.2) is 24.6 Å². The van der Waals surface area contributed by atoms with Crippen LogP contribution < -0.4 is 15.2 Å². The summed E-state index contributed by atoms with van der Waals surface area (Å²) < 4.78 is 11.3. The fraction of sp³-hybridized carbons (Fsp3) is 0.300. The zero-order valence-electron chi connectivity index (χ0n) is 15.5. The van der Waals surface area contributed by atoms with Gasteiger partial charge in [0.2, 0.25) is 0 Å². The van der Waals surface area contributed by atoms with Crippen molar-refractivity contribution in [3.63, 3.8) is 0 Å². The Hall–Kier alpha value is -2.18. The number of nitrogens with zero attached hydrogens (tertiary/aromatic N) is 2. The highest BCUT2D eigenvalue weighted by Crippen LogP contribution is 2.33. The highest BCUT2D eigenvalue weighted by atomic mass is 35.5. The third-order valence-corrected chi connectivity index (χ3v) is 4.59. The molecular weight excluding hydrogens is 382 g/mol. The van der Waals surface area contributed by atoms with Gasteiger partial charge in [0, 0.05) is 17.4 Å². The van der Waals surface area contributed by atoms with E-state index in [0.29, 0.717) is 40.5 Å². The number of thioether (sulfide) groups is 1. The van der Waals surface area contributed by atoms with Crippen molar-refractivity contribution in [1.29, 1.82) is 0 Å². The first-order valence-electron chi connectivity index (χ1n) is 8.76. The molecule has 0 unspecified atom stereocenters. The van der Waals surface area contributed by atoms with Crippen LogP contribution in [0.3, 0.4) is 0 Å². The summed E-state index contributed by atoms with van der Waals surface area (Å²) in [6.45, 7) is 5.09. The summed E-state index contributed by atoms with van der Waals surface area (Å²) >= 11 is 7.75. The minimum absolute atomic E-state index is 0.388. The van der Waals surface area contributed by atoms with Gasteiger partial charge in [0.1, 0.15) is 0 Å². The molecule has 0 aromatic heterocycles. The van der Waals surface area contributed by atoms with E-state index < -0.39 is 0 Å². The quantitative estimate of drug-likeness (QED) is 0.357. The highest BCUT2D eigenvalue weighted by molar-refractivity contribution is 8.13. The van der Waals surface area contributed by atoms with Gasteiger partial charge in [-0.1, -0.05) is 60.6 Å². The third kappa shape index (κ3) is 7.15. The lowest BCUT2D eigenvalue weighted by molar-refractivity contribution is 0.277. The van der Waals surface area contributed by atoms with Crippen LogP contribution in [0.2, 0.25) is 5.02 Å². The molecule has 144 valence electrons. The second kappa shape index (κ2) is 11.5. The normalized spacial score (nSPS) is 11.7. The average molecular weight is 406 g/mol. The van der Waals surface area contributed by atoms with Gasteiger partial charge in [0.25, 0.3) is 0 Å². The monoisotopic (exact) mass is 405 g/mol. The van der Waals surface area contributed by atoms with Crippen LogP contribution in [-0.2, 0) is 5.75 Å². The van der Waals surface area contributed by atoms with Gasteiger partial charge >= 0.3 is 0 Å². The summed E-state index contributed by atoms with van der Waals surface area (Å²) in [5.41, 5.74) is 7.77. The van der Waals surface area contributed by atoms with E-state index in [0.717, 1.165) is 12.2 Å². The number of nitrogens with two attached hydrogens (primary N) is 1. The predicted molar refractivity (Wildman–Crippen MR) is 115 cm³/mol. The third-order valence-electron chi connectivity index (χ3n) is 3.41. The zero-order valence-corrected chi connectivity index (χ0v) is 17.1. The zero-order chi connectivity index (χ0) is 19.5. The SMILES string of the molecule is CCCOc1cc(Cl)c(C=NN=C(N)SCc2ccccc2)cc1OCC. The molecule has 0 spiro atoms. The molecule has 2 aromatic carbocycles. The Morgan fingerprint density at radius 1 is 1.15 bits per heavy atom. The van der Waals surface area contributed by atoms with Crippen molar-refractivity contribution in [2.45, 2.75) is 26.0 Å². The van der Waals surface area contributed by atoms with Crippen LogP contribution in [0.25, 0.3) is 0 Å². The molecule has 5 nitrogen and oxygen atoms in total. The Balaban J connectivity index is 2.04. The fourth-order valence-corrected chi connectivity index (χ4v) is 2.97. The standard InChI is InChI=1S/C20H24ClN3O2S/c1-3-10-26-19-12-17(21)16(11-18(19)25-4-2)13-23-24-20(22)27-14-15-8-6-5-7-9-15/h5-9,11-13H,3-4,10,14H2,1-2H3,(H2,22,24). The number of rotatable bonds is 9. The summed E-state index contributed by atoms with van der Waals surface area (Å²) in [5.74, 6) is 2.00. The predicted octanol–water partition coefficient (Wildman–Crippen LogP) is 5.11. The van der Waals surface area contributed by atoms with E-state index >= 15 is 0 Å². The van der Waals surface area contributed by atoms with Crippen LogP contribution in [0.1, 0.15) is 31.4 Å². The summed E-state index contributed by atoms with van der Waals surface area (Å²) in [6.07, 6.45) is 2.46. The van der Waals surface area contributed by atoms with Crippen LogP contribution in [0.15, 0.2) is 52.7 Å². The topological polar surface area (TPSA) is 69.2 Å². The van der Waals surface area contributed by atoms with Crippen LogP contribution in [0.4, 0.5) is 0 Å². The van der Waals surface area contributed by atoms with E-state index in [1.165, 1.54) is 17.3 Å². The summed E-state index contributed by atoms with van der Waals surface area (Å²) in [6, 6.07) is 13.6. The Kier molecular flexibility index (Phi) is 9.01. The van der Waals surface area contributed by atoms with E-state index in [9.17, 15) is 0 Å². The molecule has 2 rings (SSSR count). The summed E-state index contributed by atoms with van der Waals surface area (Å²) in [4.78, 5) is 0. The van der Waals surface area contributed by atoms with E-state index in [4.69, 9.17) is 26.8 Å². The molecule has 0 radical (unpaired) electrons. The molecule has 7 heteroatoms. The number of amidine groups is 1. The Bertz CT molecular complexity index is 782. The molecule has 0 aliphatic carbocycles. The summed E-state index contributed by atoms with van der Waals surface area (Å²) in [5, 5.41) is 8.96. The molecule has 0 aliphatic heterocycles. The molecule has 0 heterocycles. The number of benzene rings is 2. The molecule has 0 amide bonds. The van der Waals surface area contributed by atoms with Crippen molar-refractivity contribution in [2.75, 3.05) is 13.2 Å². The maximum Gasteiger partial charge on any atom is 0.180 e. The van der Waals surface area contributed by atoms with E-state index in [-0.39, 0.29) is 0 Å². The first kappa shape index (κ1) is 21.1. The fourth-order valence-electron chi connectivity index (χ4n) is 2.15. The summed E-state index contributed by atoms with van der Waals surface area (Å²) in [7, 11) is 0. The van der Waals surface area contributed by atoms with Gasteiger partial charge in [-0.3, -0.25) is 0 Å². The lowest BCUT2D eigenvalue weighted by atomic mass is 10.2. The van der Waals surface area contributed by atoms with Crippen LogP contribution >= 0.6 is 23.4 Å². The van der Waals surface area contributed by atoms with Gasteiger partial charge in [0.05, 0.1) is 24.5 Å². The molecule has 0 atom stereocenters. The molecule has 0 saturated heterocycles. The number of ether oxygens (including phenoxy) is 2. The second-order valence-electron chi connectivity index (χ2n) is 5.56. The number of hydrogen-bond acceptors (Lipinski definition) is 5. The van der Waals surface area contributed by atoms with Gasteiger partial charge in [-0.15, -0.1) is 5.10 Å². The van der Waals surface area contributed by atoms with Crippen molar-refractivity contribution in [3.05, 3.63) is 58.6 Å². The van der Waals surface area contributed by atoms with Gasteiger partial charge in [-0.2, -0.15) is 5.10 Å². The molecule has 2 aromatic rings. The molecule has 0 saturated carbocycles. The highest BCUT2D eigenvalue weighted by Gasteiger charge is 2.10. The molecular formula is C20H24ClN3O2S. The van der Waals surface area contributed by atoms with Crippen molar-refractivity contribution in [1.82, 2.24) is 0 Å². The maximum atomic E-state index is 6.33. The van der Waals surface area contributed by atoms with Gasteiger partial charge in [-0.05, 0) is 25.0 Å². The molecule has 0 aliphatic rings. The van der Waals surface area contributed by atoms with Crippen molar-refractivity contribution < 1.29 is 9.47 Å². The largest absolute Gasteiger partial charge is 0.490 e. The van der Waals surface area contributed by atoms with E-state index in [2.05, 4.69) is 10.2 Å². The Labute approximate surface area is 169 Å². The first-order chi connectivity index (χ1) is 13.1. The van der Waals surface area contributed by atoms with E-state index in [1.807, 2.05) is 44.2 Å². The van der Waals surface area contributed by atoms with Gasteiger partial charge < -0.3 is 15.2 Å². The van der Waals surface area contributed by atoms with Gasteiger partial charge in [0.15, 0.2) is 16.7 Å². The minimum atomic E-state index is 0.388. The number of halogens is 1. The molecule has 2 N–H and O–H groups in total. The lowest BCUT2D eigenvalue weighted by Gasteiger charge is -2.13. The Morgan fingerprint density at radius 3 is 2.59 bits per heavy atom. The molecule has 0 bridgehead atoms. The minimum Gasteiger partial charge on any atom is -0.490 e. The number of hydrogen-bond donors (Lipinski definition) is 1. The van der Waals surface area contributed by atoms with Crippen molar-refractivity contribution >= 4 is 34.7 Å².